The molecule has 3 N–H and O–H groups in total. The van der Waals surface area contributed by atoms with E-state index in [4.69, 9.17) is 10.7 Å². The Morgan fingerprint density at radius 3 is 2.76 bits per heavy atom. The summed E-state index contributed by atoms with van der Waals surface area (Å²) in [4.78, 5) is 14.2. The molecule has 3 aromatic rings. The summed E-state index contributed by atoms with van der Waals surface area (Å²) in [7, 11) is 0. The van der Waals surface area contributed by atoms with Gasteiger partial charge in [0, 0.05) is 42.8 Å². The molecule has 0 unspecified atom stereocenters. The highest BCUT2D eigenvalue weighted by atomic mass is 16.3. The van der Waals surface area contributed by atoms with Gasteiger partial charge in [0.2, 0.25) is 0 Å². The Hall–Kier alpha value is -2.80. The first kappa shape index (κ1) is 20.8. The lowest BCUT2D eigenvalue weighted by Crippen LogP contribution is -2.36. The number of hydrogen-bond acceptors (Lipinski definition) is 6. The SMILES string of the molecule is C[C@@H]1C[C@@H](O)c2ncnc(N3C[C@]4(CCN(Cc5ccccc5)C4)c4c(CN)cccc43)c21. The second kappa shape index (κ2) is 7.90. The first-order valence-electron chi connectivity index (χ1n) is 12.0. The number of aromatic nitrogens is 2. The highest BCUT2D eigenvalue weighted by Gasteiger charge is 2.49. The molecule has 0 bridgehead atoms. The number of anilines is 2. The van der Waals surface area contributed by atoms with Crippen molar-refractivity contribution >= 4 is 11.5 Å². The van der Waals surface area contributed by atoms with Crippen molar-refractivity contribution in [1.29, 1.82) is 0 Å². The van der Waals surface area contributed by atoms with E-state index in [2.05, 4.69) is 70.2 Å². The lowest BCUT2D eigenvalue weighted by Gasteiger charge is -2.28. The summed E-state index contributed by atoms with van der Waals surface area (Å²) in [6, 6.07) is 17.2. The zero-order valence-corrected chi connectivity index (χ0v) is 19.1. The van der Waals surface area contributed by atoms with E-state index < -0.39 is 6.10 Å². The predicted octanol–water partition coefficient (Wildman–Crippen LogP) is 3.77. The minimum absolute atomic E-state index is 0.0262. The predicted molar refractivity (Wildman–Crippen MR) is 129 cm³/mol. The highest BCUT2D eigenvalue weighted by molar-refractivity contribution is 5.75. The van der Waals surface area contributed by atoms with Crippen molar-refractivity contribution in [2.75, 3.05) is 24.5 Å². The van der Waals surface area contributed by atoms with Gasteiger partial charge < -0.3 is 15.7 Å². The van der Waals surface area contributed by atoms with E-state index in [1.54, 1.807) is 6.33 Å². The topological polar surface area (TPSA) is 78.5 Å². The molecule has 170 valence electrons. The van der Waals surface area contributed by atoms with E-state index in [9.17, 15) is 5.11 Å². The van der Waals surface area contributed by atoms with Gasteiger partial charge in [-0.2, -0.15) is 0 Å². The van der Waals surface area contributed by atoms with Crippen molar-refractivity contribution in [2.45, 2.75) is 50.3 Å². The molecule has 6 rings (SSSR count). The van der Waals surface area contributed by atoms with Crippen LogP contribution in [0.5, 0.6) is 0 Å². The first-order valence-corrected chi connectivity index (χ1v) is 12.0. The van der Waals surface area contributed by atoms with Crippen molar-refractivity contribution in [3.05, 3.63) is 82.8 Å². The van der Waals surface area contributed by atoms with Crippen molar-refractivity contribution in [3.8, 4) is 0 Å². The van der Waals surface area contributed by atoms with Gasteiger partial charge in [0.25, 0.3) is 0 Å². The third-order valence-electron chi connectivity index (χ3n) is 7.85. The molecule has 0 radical (unpaired) electrons. The maximum Gasteiger partial charge on any atom is 0.140 e. The summed E-state index contributed by atoms with van der Waals surface area (Å²) in [6.07, 6.45) is 2.92. The van der Waals surface area contributed by atoms with Crippen molar-refractivity contribution in [2.24, 2.45) is 5.73 Å². The molecule has 2 aliphatic heterocycles. The van der Waals surface area contributed by atoms with E-state index in [0.29, 0.717) is 13.0 Å². The number of fused-ring (bicyclic) bond motifs is 3. The van der Waals surface area contributed by atoms with Crippen LogP contribution in [-0.2, 0) is 18.5 Å². The highest BCUT2D eigenvalue weighted by Crippen LogP contribution is 2.53. The van der Waals surface area contributed by atoms with Crippen LogP contribution < -0.4 is 10.6 Å². The Kier molecular flexibility index (Phi) is 4.98. The Labute approximate surface area is 195 Å². The van der Waals surface area contributed by atoms with Crippen molar-refractivity contribution < 1.29 is 5.11 Å². The normalized spacial score (nSPS) is 26.2. The first-order chi connectivity index (χ1) is 16.1. The van der Waals surface area contributed by atoms with Crippen molar-refractivity contribution in [1.82, 2.24) is 14.9 Å². The number of aliphatic hydroxyl groups excluding tert-OH is 1. The fourth-order valence-corrected chi connectivity index (χ4v) is 6.43. The van der Waals surface area contributed by atoms with Crippen LogP contribution in [0.15, 0.2) is 54.9 Å². The summed E-state index contributed by atoms with van der Waals surface area (Å²) >= 11 is 0. The molecular weight excluding hydrogens is 410 g/mol. The Morgan fingerprint density at radius 2 is 1.94 bits per heavy atom. The molecule has 33 heavy (non-hydrogen) atoms. The molecule has 1 spiro atoms. The van der Waals surface area contributed by atoms with Crippen LogP contribution >= 0.6 is 0 Å². The molecule has 1 fully saturated rings. The van der Waals surface area contributed by atoms with E-state index in [0.717, 1.165) is 49.7 Å². The third-order valence-corrected chi connectivity index (χ3v) is 7.85. The average molecular weight is 442 g/mol. The van der Waals surface area contributed by atoms with Crippen LogP contribution in [0.3, 0.4) is 0 Å². The number of rotatable bonds is 4. The lowest BCUT2D eigenvalue weighted by atomic mass is 9.79. The van der Waals surface area contributed by atoms with E-state index in [1.165, 1.54) is 22.4 Å². The second-order valence-corrected chi connectivity index (χ2v) is 9.98. The molecule has 2 aromatic carbocycles. The second-order valence-electron chi connectivity index (χ2n) is 9.98. The molecule has 3 atom stereocenters. The molecule has 6 nitrogen and oxygen atoms in total. The number of nitrogens with zero attached hydrogens (tertiary/aromatic N) is 4. The van der Waals surface area contributed by atoms with Crippen LogP contribution in [0, 0.1) is 0 Å². The number of benzene rings is 2. The minimum atomic E-state index is -0.504. The Morgan fingerprint density at radius 1 is 1.09 bits per heavy atom. The van der Waals surface area contributed by atoms with Crippen molar-refractivity contribution in [3.63, 3.8) is 0 Å². The third kappa shape index (κ3) is 3.28. The van der Waals surface area contributed by atoms with E-state index in [-0.39, 0.29) is 11.3 Å². The maximum atomic E-state index is 10.5. The van der Waals surface area contributed by atoms with Gasteiger partial charge in [-0.05, 0) is 48.1 Å². The lowest BCUT2D eigenvalue weighted by molar-refractivity contribution is 0.170. The minimum Gasteiger partial charge on any atom is -0.387 e. The maximum absolute atomic E-state index is 10.5. The molecule has 3 heterocycles. The number of aliphatic hydroxyl groups is 1. The molecule has 6 heteroatoms. The summed E-state index contributed by atoms with van der Waals surface area (Å²) in [5.41, 5.74) is 13.4. The smallest absolute Gasteiger partial charge is 0.140 e. The van der Waals surface area contributed by atoms with E-state index in [1.807, 2.05) is 0 Å². The van der Waals surface area contributed by atoms with Gasteiger partial charge in [-0.1, -0.05) is 49.4 Å². The van der Waals surface area contributed by atoms with Crippen LogP contribution in [0.25, 0.3) is 0 Å². The van der Waals surface area contributed by atoms with Gasteiger partial charge >= 0.3 is 0 Å². The number of hydrogen-bond donors (Lipinski definition) is 2. The fraction of sp³-hybridized carbons (Fsp3) is 0.407. The monoisotopic (exact) mass is 441 g/mol. The van der Waals surface area contributed by atoms with Crippen LogP contribution in [-0.4, -0.2) is 39.6 Å². The average Bonchev–Trinajstić information content (AvgIpc) is 3.49. The molecule has 1 aliphatic carbocycles. The Bertz CT molecular complexity index is 1180. The van der Waals surface area contributed by atoms with Gasteiger partial charge in [0.05, 0.1) is 11.8 Å². The van der Waals surface area contributed by atoms with Gasteiger partial charge in [0.15, 0.2) is 0 Å². The van der Waals surface area contributed by atoms with Crippen LogP contribution in [0.4, 0.5) is 11.5 Å². The summed E-state index contributed by atoms with van der Waals surface area (Å²) in [5, 5.41) is 10.5. The van der Waals surface area contributed by atoms with Gasteiger partial charge in [-0.15, -0.1) is 0 Å². The summed E-state index contributed by atoms with van der Waals surface area (Å²) in [5.74, 6) is 1.19. The molecule has 3 aliphatic rings. The molecule has 1 saturated heterocycles. The molecule has 1 aromatic heterocycles. The van der Waals surface area contributed by atoms with Gasteiger partial charge in [-0.3, -0.25) is 4.90 Å². The van der Waals surface area contributed by atoms with Gasteiger partial charge in [0.1, 0.15) is 12.1 Å². The largest absolute Gasteiger partial charge is 0.387 e. The van der Waals surface area contributed by atoms with E-state index >= 15 is 0 Å². The molecule has 0 amide bonds. The zero-order valence-electron chi connectivity index (χ0n) is 19.1. The zero-order chi connectivity index (χ0) is 22.6. The quantitative estimate of drug-likeness (QED) is 0.642. The fourth-order valence-electron chi connectivity index (χ4n) is 6.43. The summed E-state index contributed by atoms with van der Waals surface area (Å²) < 4.78 is 0. The molecule has 0 saturated carbocycles. The standard InChI is InChI=1S/C27H31N5O/c1-18-12-22(33)25-23(18)26(30-17-29-25)32-16-27(24-20(13-28)8-5-9-21(24)32)10-11-31(15-27)14-19-6-3-2-4-7-19/h2-9,17-18,22,33H,10-16,28H2,1H3/t18-,22-,27-/m1/s1. The van der Waals surface area contributed by atoms with Crippen LogP contribution in [0.2, 0.25) is 0 Å². The Balaban J connectivity index is 1.41. The summed E-state index contributed by atoms with van der Waals surface area (Å²) in [6.45, 7) is 6.63. The number of nitrogens with two attached hydrogens (primary N) is 1. The number of likely N-dealkylation sites (tertiary alicyclic amines) is 1. The van der Waals surface area contributed by atoms with Gasteiger partial charge in [-0.25, -0.2) is 9.97 Å². The molecular formula is C27H31N5O. The van der Waals surface area contributed by atoms with Crippen LogP contribution in [0.1, 0.15) is 59.7 Å².